The lowest BCUT2D eigenvalue weighted by atomic mass is 9.84. The van der Waals surface area contributed by atoms with E-state index < -0.39 is 24.0 Å². The Balaban J connectivity index is 1.79. The van der Waals surface area contributed by atoms with Crippen molar-refractivity contribution in [1.82, 2.24) is 10.2 Å². The zero-order chi connectivity index (χ0) is 21.3. The van der Waals surface area contributed by atoms with E-state index >= 15 is 0 Å². The largest absolute Gasteiger partial charge is 0.426 e. The summed E-state index contributed by atoms with van der Waals surface area (Å²) in [5, 5.41) is 2.74. The lowest BCUT2D eigenvalue weighted by Gasteiger charge is -2.32. The summed E-state index contributed by atoms with van der Waals surface area (Å²) in [7, 11) is 0. The second kappa shape index (κ2) is 8.43. The third kappa shape index (κ3) is 4.09. The molecule has 29 heavy (non-hydrogen) atoms. The summed E-state index contributed by atoms with van der Waals surface area (Å²) in [5.41, 5.74) is 1.94. The standard InChI is InChI=1S/C22H31N3O4/c1-6-24(7-2)15-8-9-16-14(5)17(21(27)29-19(16)11-15)12-25-20(26)18(10-13(3)4)23-22(25)28/h8-9,11,13-14,17-18H,6-7,10,12H2,1-5H3,(H,23,28). The molecule has 3 amide bonds. The van der Waals surface area contributed by atoms with Crippen molar-refractivity contribution in [2.75, 3.05) is 24.5 Å². The molecule has 0 aromatic heterocycles. The molecule has 1 fully saturated rings. The molecule has 0 spiro atoms. The third-order valence-corrected chi connectivity index (χ3v) is 5.93. The van der Waals surface area contributed by atoms with Crippen molar-refractivity contribution in [2.24, 2.45) is 11.8 Å². The van der Waals surface area contributed by atoms with Crippen molar-refractivity contribution < 1.29 is 19.1 Å². The zero-order valence-corrected chi connectivity index (χ0v) is 17.9. The maximum absolute atomic E-state index is 12.7. The Morgan fingerprint density at radius 1 is 1.17 bits per heavy atom. The zero-order valence-electron chi connectivity index (χ0n) is 17.9. The van der Waals surface area contributed by atoms with Crippen LogP contribution in [0.1, 0.15) is 52.5 Å². The number of hydrogen-bond donors (Lipinski definition) is 1. The molecule has 0 saturated carbocycles. The molecule has 0 bridgehead atoms. The fourth-order valence-electron chi connectivity index (χ4n) is 4.19. The number of fused-ring (bicyclic) bond motifs is 1. The number of urea groups is 1. The van der Waals surface area contributed by atoms with E-state index in [1.807, 2.05) is 39.0 Å². The monoisotopic (exact) mass is 401 g/mol. The van der Waals surface area contributed by atoms with Gasteiger partial charge in [0, 0.05) is 31.4 Å². The van der Waals surface area contributed by atoms with Gasteiger partial charge < -0.3 is 15.0 Å². The van der Waals surface area contributed by atoms with Gasteiger partial charge in [-0.2, -0.15) is 0 Å². The summed E-state index contributed by atoms with van der Waals surface area (Å²) in [5.74, 6) is -0.523. The van der Waals surface area contributed by atoms with Gasteiger partial charge in [-0.15, -0.1) is 0 Å². The van der Waals surface area contributed by atoms with Gasteiger partial charge in [-0.25, -0.2) is 4.79 Å². The Hall–Kier alpha value is -2.57. The number of amides is 3. The number of imide groups is 1. The molecule has 1 N–H and O–H groups in total. The van der Waals surface area contributed by atoms with Gasteiger partial charge in [-0.05, 0) is 43.7 Å². The molecule has 1 saturated heterocycles. The van der Waals surface area contributed by atoms with Gasteiger partial charge in [-0.1, -0.05) is 26.8 Å². The molecule has 7 nitrogen and oxygen atoms in total. The van der Waals surface area contributed by atoms with Crippen LogP contribution in [0, 0.1) is 11.8 Å². The molecule has 0 radical (unpaired) electrons. The van der Waals surface area contributed by atoms with Gasteiger partial charge in [0.25, 0.3) is 5.91 Å². The predicted molar refractivity (Wildman–Crippen MR) is 111 cm³/mol. The summed E-state index contributed by atoms with van der Waals surface area (Å²) < 4.78 is 5.63. The van der Waals surface area contributed by atoms with Crippen molar-refractivity contribution in [3.8, 4) is 5.75 Å². The number of hydrogen-bond acceptors (Lipinski definition) is 5. The van der Waals surface area contributed by atoms with Crippen molar-refractivity contribution in [1.29, 1.82) is 0 Å². The lowest BCUT2D eigenvalue weighted by molar-refractivity contribution is -0.142. The number of nitrogens with one attached hydrogen (secondary N) is 1. The fourth-order valence-corrected chi connectivity index (χ4v) is 4.19. The first-order chi connectivity index (χ1) is 13.8. The first-order valence-corrected chi connectivity index (χ1v) is 10.5. The van der Waals surface area contributed by atoms with E-state index in [0.29, 0.717) is 12.2 Å². The first-order valence-electron chi connectivity index (χ1n) is 10.5. The van der Waals surface area contributed by atoms with Gasteiger partial charge in [-0.3, -0.25) is 14.5 Å². The number of benzene rings is 1. The molecule has 7 heteroatoms. The number of esters is 1. The van der Waals surface area contributed by atoms with E-state index in [1.54, 1.807) is 0 Å². The van der Waals surface area contributed by atoms with Crippen molar-refractivity contribution in [2.45, 2.75) is 53.0 Å². The van der Waals surface area contributed by atoms with Crippen LogP contribution in [0.4, 0.5) is 10.5 Å². The van der Waals surface area contributed by atoms with E-state index in [0.717, 1.165) is 24.3 Å². The first kappa shape index (κ1) is 21.1. The topological polar surface area (TPSA) is 79.0 Å². The maximum atomic E-state index is 12.7. The molecule has 3 atom stereocenters. The Morgan fingerprint density at radius 2 is 1.86 bits per heavy atom. The fraction of sp³-hybridized carbons (Fsp3) is 0.591. The van der Waals surface area contributed by atoms with Gasteiger partial charge in [0.1, 0.15) is 11.8 Å². The highest BCUT2D eigenvalue weighted by atomic mass is 16.5. The minimum absolute atomic E-state index is 0.0382. The number of carbonyl (C=O) groups is 3. The average molecular weight is 402 g/mol. The van der Waals surface area contributed by atoms with Crippen LogP contribution in [0.3, 0.4) is 0 Å². The van der Waals surface area contributed by atoms with E-state index in [2.05, 4.69) is 24.1 Å². The minimum Gasteiger partial charge on any atom is -0.426 e. The Morgan fingerprint density at radius 3 is 2.48 bits per heavy atom. The molecule has 0 aliphatic carbocycles. The average Bonchev–Trinajstić information content (AvgIpc) is 2.92. The SMILES string of the molecule is CCN(CC)c1ccc2c(c1)OC(=O)C(CN1C(=O)NC(CC(C)C)C1=O)C2C. The highest BCUT2D eigenvalue weighted by molar-refractivity contribution is 6.04. The van der Waals surface area contributed by atoms with Crippen LogP contribution in [0.5, 0.6) is 5.75 Å². The summed E-state index contributed by atoms with van der Waals surface area (Å²) in [4.78, 5) is 41.1. The minimum atomic E-state index is -0.575. The van der Waals surface area contributed by atoms with E-state index in [4.69, 9.17) is 4.74 Å². The quantitative estimate of drug-likeness (QED) is 0.431. The molecule has 2 heterocycles. The molecule has 2 aliphatic rings. The van der Waals surface area contributed by atoms with Crippen molar-refractivity contribution in [3.63, 3.8) is 0 Å². The second-order valence-corrected chi connectivity index (χ2v) is 8.29. The number of carbonyl (C=O) groups excluding carboxylic acids is 3. The molecular weight excluding hydrogens is 370 g/mol. The van der Waals surface area contributed by atoms with Crippen LogP contribution < -0.4 is 15.0 Å². The molecule has 3 rings (SSSR count). The highest BCUT2D eigenvalue weighted by Crippen LogP contribution is 2.40. The normalized spacial score (nSPS) is 23.9. The van der Waals surface area contributed by atoms with Crippen LogP contribution in [-0.2, 0) is 9.59 Å². The van der Waals surface area contributed by atoms with E-state index in [9.17, 15) is 14.4 Å². The van der Waals surface area contributed by atoms with Crippen LogP contribution in [0.25, 0.3) is 0 Å². The molecule has 3 unspecified atom stereocenters. The molecule has 1 aromatic rings. The number of ether oxygens (including phenoxy) is 1. The predicted octanol–water partition coefficient (Wildman–Crippen LogP) is 3.14. The second-order valence-electron chi connectivity index (χ2n) is 8.29. The van der Waals surface area contributed by atoms with E-state index in [-0.39, 0.29) is 24.3 Å². The molecule has 1 aromatic carbocycles. The van der Waals surface area contributed by atoms with Crippen LogP contribution in [0.15, 0.2) is 18.2 Å². The van der Waals surface area contributed by atoms with Crippen LogP contribution in [-0.4, -0.2) is 48.5 Å². The Bertz CT molecular complexity index is 803. The van der Waals surface area contributed by atoms with Crippen LogP contribution in [0.2, 0.25) is 0 Å². The number of rotatable bonds is 7. The Labute approximate surface area is 172 Å². The van der Waals surface area contributed by atoms with Gasteiger partial charge in [0.2, 0.25) is 0 Å². The molecule has 158 valence electrons. The third-order valence-electron chi connectivity index (χ3n) is 5.93. The number of nitrogens with zero attached hydrogens (tertiary/aromatic N) is 2. The summed E-state index contributed by atoms with van der Waals surface area (Å²) in [6.07, 6.45) is 0.586. The smallest absolute Gasteiger partial charge is 0.324 e. The number of anilines is 1. The maximum Gasteiger partial charge on any atom is 0.324 e. The summed E-state index contributed by atoms with van der Waals surface area (Å²) >= 11 is 0. The van der Waals surface area contributed by atoms with Crippen molar-refractivity contribution in [3.05, 3.63) is 23.8 Å². The molecular formula is C22H31N3O4. The van der Waals surface area contributed by atoms with Gasteiger partial charge >= 0.3 is 12.0 Å². The Kier molecular flexibility index (Phi) is 6.15. The van der Waals surface area contributed by atoms with Gasteiger partial charge in [0.15, 0.2) is 0 Å². The summed E-state index contributed by atoms with van der Waals surface area (Å²) in [6.45, 7) is 11.9. The van der Waals surface area contributed by atoms with Gasteiger partial charge in [0.05, 0.1) is 5.92 Å². The van der Waals surface area contributed by atoms with E-state index in [1.165, 1.54) is 4.90 Å². The molecule has 2 aliphatic heterocycles. The van der Waals surface area contributed by atoms with Crippen molar-refractivity contribution >= 4 is 23.6 Å². The highest BCUT2D eigenvalue weighted by Gasteiger charge is 2.43. The lowest BCUT2D eigenvalue weighted by Crippen LogP contribution is -2.43. The van der Waals surface area contributed by atoms with Crippen LogP contribution >= 0.6 is 0 Å². The summed E-state index contributed by atoms with van der Waals surface area (Å²) in [6, 6.07) is 4.98.